The molecule has 2 atom stereocenters. The van der Waals surface area contributed by atoms with E-state index in [9.17, 15) is 5.11 Å². The third kappa shape index (κ3) is 2.91. The molecule has 1 aliphatic rings. The molecule has 17 heavy (non-hydrogen) atoms. The van der Waals surface area contributed by atoms with Gasteiger partial charge in [0.15, 0.2) is 0 Å². The standard InChI is InChI=1S/C14H20O3/c1-3-4-10(2)8-16-11-5-6-12-13(15)9-17-14(12)7-11/h5-7,10,13,15H,3-4,8-9H2,1-2H3. The molecule has 0 saturated heterocycles. The lowest BCUT2D eigenvalue weighted by molar-refractivity contribution is 0.140. The van der Waals surface area contributed by atoms with E-state index in [0.29, 0.717) is 12.5 Å². The Labute approximate surface area is 102 Å². The largest absolute Gasteiger partial charge is 0.493 e. The van der Waals surface area contributed by atoms with Crippen molar-refractivity contribution in [2.24, 2.45) is 5.92 Å². The molecule has 0 spiro atoms. The molecule has 1 heterocycles. The molecule has 1 aromatic rings. The molecule has 1 aliphatic heterocycles. The lowest BCUT2D eigenvalue weighted by Crippen LogP contribution is -2.08. The van der Waals surface area contributed by atoms with Crippen LogP contribution in [-0.4, -0.2) is 18.3 Å². The highest BCUT2D eigenvalue weighted by Crippen LogP contribution is 2.35. The maximum absolute atomic E-state index is 9.59. The summed E-state index contributed by atoms with van der Waals surface area (Å²) in [6.45, 7) is 5.46. The number of aliphatic hydroxyl groups is 1. The summed E-state index contributed by atoms with van der Waals surface area (Å²) in [5.41, 5.74) is 0.860. The fourth-order valence-electron chi connectivity index (χ4n) is 2.08. The second-order valence-electron chi connectivity index (χ2n) is 4.73. The predicted molar refractivity (Wildman–Crippen MR) is 66.5 cm³/mol. The van der Waals surface area contributed by atoms with Crippen molar-refractivity contribution in [2.75, 3.05) is 13.2 Å². The highest BCUT2D eigenvalue weighted by atomic mass is 16.5. The van der Waals surface area contributed by atoms with Crippen molar-refractivity contribution in [3.05, 3.63) is 23.8 Å². The summed E-state index contributed by atoms with van der Waals surface area (Å²) in [6.07, 6.45) is 1.88. The lowest BCUT2D eigenvalue weighted by Gasteiger charge is -2.12. The highest BCUT2D eigenvalue weighted by molar-refractivity contribution is 5.44. The molecule has 3 nitrogen and oxygen atoms in total. The van der Waals surface area contributed by atoms with Crippen LogP contribution in [0.3, 0.4) is 0 Å². The molecule has 1 aromatic carbocycles. The minimum atomic E-state index is -0.488. The summed E-state index contributed by atoms with van der Waals surface area (Å²) in [6, 6.07) is 5.65. The molecule has 0 bridgehead atoms. The first-order chi connectivity index (χ1) is 8.20. The second-order valence-corrected chi connectivity index (χ2v) is 4.73. The Morgan fingerprint density at radius 3 is 3.12 bits per heavy atom. The van der Waals surface area contributed by atoms with Gasteiger partial charge in [0.25, 0.3) is 0 Å². The monoisotopic (exact) mass is 236 g/mol. The van der Waals surface area contributed by atoms with Crippen LogP contribution in [0.25, 0.3) is 0 Å². The van der Waals surface area contributed by atoms with E-state index in [1.807, 2.05) is 18.2 Å². The molecular formula is C14H20O3. The minimum Gasteiger partial charge on any atom is -0.493 e. The van der Waals surface area contributed by atoms with Gasteiger partial charge in [-0.05, 0) is 24.5 Å². The van der Waals surface area contributed by atoms with Crippen molar-refractivity contribution in [1.29, 1.82) is 0 Å². The number of aliphatic hydroxyl groups excluding tert-OH is 1. The normalized spacial score (nSPS) is 19.6. The number of ether oxygens (including phenoxy) is 2. The van der Waals surface area contributed by atoms with Gasteiger partial charge in [0, 0.05) is 11.6 Å². The Bertz CT molecular complexity index is 376. The van der Waals surface area contributed by atoms with E-state index >= 15 is 0 Å². The number of hydrogen-bond acceptors (Lipinski definition) is 3. The van der Waals surface area contributed by atoms with Gasteiger partial charge in [-0.1, -0.05) is 20.3 Å². The van der Waals surface area contributed by atoms with Gasteiger partial charge in [-0.3, -0.25) is 0 Å². The van der Waals surface area contributed by atoms with E-state index in [1.165, 1.54) is 12.8 Å². The fraction of sp³-hybridized carbons (Fsp3) is 0.571. The van der Waals surface area contributed by atoms with E-state index in [-0.39, 0.29) is 0 Å². The maximum Gasteiger partial charge on any atom is 0.129 e. The van der Waals surface area contributed by atoms with Gasteiger partial charge in [0.1, 0.15) is 24.2 Å². The number of fused-ring (bicyclic) bond motifs is 1. The average Bonchev–Trinajstić information content (AvgIpc) is 2.69. The Morgan fingerprint density at radius 1 is 1.53 bits per heavy atom. The molecule has 2 rings (SSSR count). The molecule has 0 radical (unpaired) electrons. The van der Waals surface area contributed by atoms with Crippen LogP contribution in [0.4, 0.5) is 0 Å². The van der Waals surface area contributed by atoms with Gasteiger partial charge in [0.2, 0.25) is 0 Å². The Hall–Kier alpha value is -1.22. The van der Waals surface area contributed by atoms with Crippen LogP contribution in [0.5, 0.6) is 11.5 Å². The van der Waals surface area contributed by atoms with Gasteiger partial charge in [-0.25, -0.2) is 0 Å². The third-order valence-electron chi connectivity index (χ3n) is 3.06. The van der Waals surface area contributed by atoms with Crippen molar-refractivity contribution in [1.82, 2.24) is 0 Å². The number of hydrogen-bond donors (Lipinski definition) is 1. The van der Waals surface area contributed by atoms with Crippen LogP contribution in [-0.2, 0) is 0 Å². The van der Waals surface area contributed by atoms with E-state index in [1.54, 1.807) is 0 Å². The summed E-state index contributed by atoms with van der Waals surface area (Å²) in [5.74, 6) is 2.14. The lowest BCUT2D eigenvalue weighted by atomic mass is 10.1. The van der Waals surface area contributed by atoms with Crippen molar-refractivity contribution < 1.29 is 14.6 Å². The predicted octanol–water partition coefficient (Wildman–Crippen LogP) is 2.93. The maximum atomic E-state index is 9.59. The minimum absolute atomic E-state index is 0.352. The van der Waals surface area contributed by atoms with Crippen LogP contribution in [0, 0.1) is 5.92 Å². The molecular weight excluding hydrogens is 216 g/mol. The molecule has 0 saturated carbocycles. The zero-order chi connectivity index (χ0) is 12.3. The van der Waals surface area contributed by atoms with E-state index in [0.717, 1.165) is 23.7 Å². The van der Waals surface area contributed by atoms with Crippen molar-refractivity contribution in [3.8, 4) is 11.5 Å². The van der Waals surface area contributed by atoms with Gasteiger partial charge >= 0.3 is 0 Å². The van der Waals surface area contributed by atoms with E-state index in [2.05, 4.69) is 13.8 Å². The summed E-state index contributed by atoms with van der Waals surface area (Å²) in [5, 5.41) is 9.59. The van der Waals surface area contributed by atoms with Crippen LogP contribution in [0.15, 0.2) is 18.2 Å². The summed E-state index contributed by atoms with van der Waals surface area (Å²) in [7, 11) is 0. The molecule has 0 amide bonds. The average molecular weight is 236 g/mol. The Balaban J connectivity index is 1.94. The van der Waals surface area contributed by atoms with Gasteiger partial charge in [-0.2, -0.15) is 0 Å². The third-order valence-corrected chi connectivity index (χ3v) is 3.06. The topological polar surface area (TPSA) is 38.7 Å². The SMILES string of the molecule is CCCC(C)COc1ccc2c(c1)OCC2O. The zero-order valence-electron chi connectivity index (χ0n) is 10.5. The van der Waals surface area contributed by atoms with Gasteiger partial charge in [0.05, 0.1) is 6.61 Å². The van der Waals surface area contributed by atoms with Crippen LogP contribution in [0.1, 0.15) is 38.4 Å². The zero-order valence-corrected chi connectivity index (χ0v) is 10.5. The van der Waals surface area contributed by atoms with Crippen molar-refractivity contribution >= 4 is 0 Å². The molecule has 94 valence electrons. The summed E-state index contributed by atoms with van der Waals surface area (Å²) >= 11 is 0. The van der Waals surface area contributed by atoms with Gasteiger partial charge < -0.3 is 14.6 Å². The smallest absolute Gasteiger partial charge is 0.129 e. The first-order valence-corrected chi connectivity index (χ1v) is 6.28. The molecule has 0 fully saturated rings. The molecule has 0 aliphatic carbocycles. The molecule has 3 heteroatoms. The van der Waals surface area contributed by atoms with Gasteiger partial charge in [-0.15, -0.1) is 0 Å². The van der Waals surface area contributed by atoms with Crippen molar-refractivity contribution in [2.45, 2.75) is 32.8 Å². The second kappa shape index (κ2) is 5.41. The first kappa shape index (κ1) is 12.2. The van der Waals surface area contributed by atoms with Crippen LogP contribution in [0.2, 0.25) is 0 Å². The molecule has 2 unspecified atom stereocenters. The Kier molecular flexibility index (Phi) is 3.89. The highest BCUT2D eigenvalue weighted by Gasteiger charge is 2.22. The van der Waals surface area contributed by atoms with Crippen molar-refractivity contribution in [3.63, 3.8) is 0 Å². The van der Waals surface area contributed by atoms with E-state index in [4.69, 9.17) is 9.47 Å². The summed E-state index contributed by atoms with van der Waals surface area (Å²) < 4.78 is 11.1. The number of benzene rings is 1. The summed E-state index contributed by atoms with van der Waals surface area (Å²) in [4.78, 5) is 0. The fourth-order valence-corrected chi connectivity index (χ4v) is 2.08. The van der Waals surface area contributed by atoms with Crippen LogP contribution >= 0.6 is 0 Å². The van der Waals surface area contributed by atoms with E-state index < -0.39 is 6.10 Å². The van der Waals surface area contributed by atoms with Crippen LogP contribution < -0.4 is 9.47 Å². The molecule has 0 aromatic heterocycles. The quantitative estimate of drug-likeness (QED) is 0.854. The first-order valence-electron chi connectivity index (χ1n) is 6.28. The Morgan fingerprint density at radius 2 is 2.35 bits per heavy atom. The number of rotatable bonds is 5. The molecule has 1 N–H and O–H groups in total.